The topological polar surface area (TPSA) is 72.6 Å². The van der Waals surface area contributed by atoms with Crippen LogP contribution in [-0.2, 0) is 9.47 Å². The molecule has 0 saturated carbocycles. The van der Waals surface area contributed by atoms with Gasteiger partial charge in [-0.2, -0.15) is 5.10 Å². The highest BCUT2D eigenvalue weighted by Crippen LogP contribution is 2.35. The molecule has 2 aliphatic rings. The molecule has 2 aromatic heterocycles. The lowest BCUT2D eigenvalue weighted by atomic mass is 10.1. The Morgan fingerprint density at radius 1 is 1.04 bits per heavy atom. The standard InChI is InChI=1S/C21H24N4O3/c26-16-4-5-18-17(14-16)21(23-25(18)20-3-1-2-10-28-20)15-6-7-22-19(13-15)24-8-11-27-12-9-24/h4-7,13-14,20,26H,1-3,8-12H2. The third kappa shape index (κ3) is 3.21. The molecule has 4 heterocycles. The molecule has 7 heteroatoms. The molecule has 146 valence electrons. The summed E-state index contributed by atoms with van der Waals surface area (Å²) in [5.41, 5.74) is 2.81. The first-order valence-electron chi connectivity index (χ1n) is 9.91. The van der Waals surface area contributed by atoms with Crippen molar-refractivity contribution in [2.24, 2.45) is 0 Å². The predicted molar refractivity (Wildman–Crippen MR) is 107 cm³/mol. The van der Waals surface area contributed by atoms with Crippen molar-refractivity contribution in [3.05, 3.63) is 36.5 Å². The van der Waals surface area contributed by atoms with Crippen molar-refractivity contribution in [3.8, 4) is 17.0 Å². The highest BCUT2D eigenvalue weighted by Gasteiger charge is 2.22. The Morgan fingerprint density at radius 3 is 2.75 bits per heavy atom. The van der Waals surface area contributed by atoms with E-state index in [1.165, 1.54) is 0 Å². The van der Waals surface area contributed by atoms with Crippen molar-refractivity contribution in [1.29, 1.82) is 0 Å². The van der Waals surface area contributed by atoms with E-state index in [0.717, 1.165) is 80.2 Å². The molecule has 2 saturated heterocycles. The van der Waals surface area contributed by atoms with Gasteiger partial charge in [-0.1, -0.05) is 0 Å². The molecule has 3 aromatic rings. The number of pyridine rings is 1. The molecule has 5 rings (SSSR count). The van der Waals surface area contributed by atoms with Gasteiger partial charge in [0, 0.05) is 36.8 Å². The second kappa shape index (κ2) is 7.41. The maximum atomic E-state index is 10.1. The molecule has 28 heavy (non-hydrogen) atoms. The second-order valence-corrected chi connectivity index (χ2v) is 7.32. The number of aromatic hydroxyl groups is 1. The molecule has 0 amide bonds. The van der Waals surface area contributed by atoms with Crippen molar-refractivity contribution in [2.45, 2.75) is 25.5 Å². The Bertz CT molecular complexity index is 975. The maximum absolute atomic E-state index is 10.1. The summed E-state index contributed by atoms with van der Waals surface area (Å²) in [4.78, 5) is 6.77. The Hall–Kier alpha value is -2.64. The lowest BCUT2D eigenvalue weighted by molar-refractivity contribution is -0.0365. The minimum Gasteiger partial charge on any atom is -0.508 e. The first-order chi connectivity index (χ1) is 13.8. The number of phenols is 1. The zero-order valence-corrected chi connectivity index (χ0v) is 15.8. The number of anilines is 1. The highest BCUT2D eigenvalue weighted by molar-refractivity contribution is 5.94. The van der Waals surface area contributed by atoms with E-state index in [0.29, 0.717) is 0 Å². The van der Waals surface area contributed by atoms with Crippen LogP contribution in [0.1, 0.15) is 25.5 Å². The van der Waals surface area contributed by atoms with E-state index in [1.807, 2.05) is 23.0 Å². The van der Waals surface area contributed by atoms with Gasteiger partial charge in [0.1, 0.15) is 17.3 Å². The van der Waals surface area contributed by atoms with Crippen LogP contribution in [0, 0.1) is 0 Å². The van der Waals surface area contributed by atoms with Crippen molar-refractivity contribution in [1.82, 2.24) is 14.8 Å². The highest BCUT2D eigenvalue weighted by atomic mass is 16.5. The van der Waals surface area contributed by atoms with E-state index in [1.54, 1.807) is 12.1 Å². The van der Waals surface area contributed by atoms with Gasteiger partial charge in [-0.05, 0) is 49.6 Å². The first-order valence-corrected chi connectivity index (χ1v) is 9.91. The summed E-state index contributed by atoms with van der Waals surface area (Å²) in [6.45, 7) is 3.87. The maximum Gasteiger partial charge on any atom is 0.150 e. The predicted octanol–water partition coefficient (Wildman–Crippen LogP) is 3.34. The van der Waals surface area contributed by atoms with Gasteiger partial charge in [-0.25, -0.2) is 9.67 Å². The Kier molecular flexibility index (Phi) is 4.62. The largest absolute Gasteiger partial charge is 0.508 e. The van der Waals surface area contributed by atoms with Gasteiger partial charge in [0.15, 0.2) is 6.23 Å². The number of phenolic OH excluding ortho intramolecular Hbond substituents is 1. The third-order valence-corrected chi connectivity index (χ3v) is 5.47. The molecule has 0 radical (unpaired) electrons. The van der Waals surface area contributed by atoms with Crippen LogP contribution < -0.4 is 4.90 Å². The molecule has 0 bridgehead atoms. The number of rotatable bonds is 3. The van der Waals surface area contributed by atoms with Crippen LogP contribution in [-0.4, -0.2) is 52.8 Å². The second-order valence-electron chi connectivity index (χ2n) is 7.32. The van der Waals surface area contributed by atoms with Gasteiger partial charge in [-0.15, -0.1) is 0 Å². The fourth-order valence-electron chi connectivity index (χ4n) is 4.01. The van der Waals surface area contributed by atoms with E-state index >= 15 is 0 Å². The van der Waals surface area contributed by atoms with Crippen molar-refractivity contribution < 1.29 is 14.6 Å². The molecule has 1 N–H and O–H groups in total. The SMILES string of the molecule is Oc1ccc2c(c1)c(-c1ccnc(N3CCOCC3)c1)nn2C1CCCCO1. The van der Waals surface area contributed by atoms with Crippen LogP contribution in [0.3, 0.4) is 0 Å². The average molecular weight is 380 g/mol. The number of fused-ring (bicyclic) bond motifs is 1. The lowest BCUT2D eigenvalue weighted by Gasteiger charge is -2.27. The van der Waals surface area contributed by atoms with Crippen LogP contribution in [0.5, 0.6) is 5.75 Å². The van der Waals surface area contributed by atoms with Crippen molar-refractivity contribution in [2.75, 3.05) is 37.8 Å². The molecule has 1 atom stereocenters. The van der Waals surface area contributed by atoms with Crippen molar-refractivity contribution >= 4 is 16.7 Å². The molecular formula is C21H24N4O3. The van der Waals surface area contributed by atoms with Gasteiger partial charge in [0.05, 0.1) is 18.7 Å². The van der Waals surface area contributed by atoms with Crippen LogP contribution >= 0.6 is 0 Å². The summed E-state index contributed by atoms with van der Waals surface area (Å²) in [6, 6.07) is 9.46. The summed E-state index contributed by atoms with van der Waals surface area (Å²) < 4.78 is 13.4. The first kappa shape index (κ1) is 17.5. The molecular weight excluding hydrogens is 356 g/mol. The Balaban J connectivity index is 1.59. The Morgan fingerprint density at radius 2 is 1.93 bits per heavy atom. The van der Waals surface area contributed by atoms with Crippen LogP contribution in [0.4, 0.5) is 5.82 Å². The summed E-state index contributed by atoms with van der Waals surface area (Å²) in [5, 5.41) is 15.9. The number of hydrogen-bond donors (Lipinski definition) is 1. The fourth-order valence-corrected chi connectivity index (χ4v) is 4.01. The van der Waals surface area contributed by atoms with Crippen LogP contribution in [0.15, 0.2) is 36.5 Å². The molecule has 2 fully saturated rings. The fraction of sp³-hybridized carbons (Fsp3) is 0.429. The van der Waals surface area contributed by atoms with Crippen molar-refractivity contribution in [3.63, 3.8) is 0 Å². The molecule has 7 nitrogen and oxygen atoms in total. The van der Waals surface area contributed by atoms with E-state index in [9.17, 15) is 5.11 Å². The number of hydrogen-bond acceptors (Lipinski definition) is 6. The van der Waals surface area contributed by atoms with Gasteiger partial charge < -0.3 is 19.5 Å². The number of morpholine rings is 1. The zero-order chi connectivity index (χ0) is 18.9. The average Bonchev–Trinajstić information content (AvgIpc) is 3.14. The van der Waals surface area contributed by atoms with Gasteiger partial charge in [-0.3, -0.25) is 0 Å². The minimum atomic E-state index is -0.0601. The quantitative estimate of drug-likeness (QED) is 0.751. The van der Waals surface area contributed by atoms with E-state index in [2.05, 4.69) is 16.0 Å². The smallest absolute Gasteiger partial charge is 0.150 e. The van der Waals surface area contributed by atoms with E-state index in [-0.39, 0.29) is 12.0 Å². The summed E-state index contributed by atoms with van der Waals surface area (Å²) in [7, 11) is 0. The Labute approximate surface area is 163 Å². The summed E-state index contributed by atoms with van der Waals surface area (Å²) >= 11 is 0. The molecule has 0 spiro atoms. The number of ether oxygens (including phenoxy) is 2. The molecule has 0 aliphatic carbocycles. The number of aromatic nitrogens is 3. The monoisotopic (exact) mass is 380 g/mol. The normalized spacial score (nSPS) is 20.6. The minimum absolute atomic E-state index is 0.0601. The molecule has 1 aromatic carbocycles. The molecule has 2 aliphatic heterocycles. The van der Waals surface area contributed by atoms with E-state index < -0.39 is 0 Å². The summed E-state index contributed by atoms with van der Waals surface area (Å²) in [5.74, 6) is 1.16. The number of benzene rings is 1. The third-order valence-electron chi connectivity index (χ3n) is 5.47. The van der Waals surface area contributed by atoms with Crippen LogP contribution in [0.25, 0.3) is 22.2 Å². The van der Waals surface area contributed by atoms with Gasteiger partial charge in [0.25, 0.3) is 0 Å². The zero-order valence-electron chi connectivity index (χ0n) is 15.8. The van der Waals surface area contributed by atoms with Gasteiger partial charge >= 0.3 is 0 Å². The molecule has 1 unspecified atom stereocenters. The van der Waals surface area contributed by atoms with Gasteiger partial charge in [0.2, 0.25) is 0 Å². The number of nitrogens with zero attached hydrogens (tertiary/aromatic N) is 4. The summed E-state index contributed by atoms with van der Waals surface area (Å²) in [6.07, 6.45) is 4.94. The van der Waals surface area contributed by atoms with Crippen LogP contribution in [0.2, 0.25) is 0 Å². The van der Waals surface area contributed by atoms with E-state index in [4.69, 9.17) is 14.6 Å². The lowest BCUT2D eigenvalue weighted by Crippen LogP contribution is -2.36.